The molecule has 2 aromatic carbocycles. The second kappa shape index (κ2) is 11.3. The normalized spacial score (nSPS) is 11.0. The predicted molar refractivity (Wildman–Crippen MR) is 111 cm³/mol. The number of hydrogen-bond donors (Lipinski definition) is 3. The minimum atomic E-state index is -0.397. The number of hydrogen-bond acceptors (Lipinski definition) is 2. The van der Waals surface area contributed by atoms with Gasteiger partial charge in [-0.1, -0.05) is 29.8 Å². The predicted octanol–water partition coefficient (Wildman–Crippen LogP) is 3.50. The number of benzene rings is 2. The monoisotopic (exact) mass is 477 g/mol. The fraction of sp³-hybridized carbons (Fsp3) is 0.278. The first-order chi connectivity index (χ1) is 11.6. The van der Waals surface area contributed by atoms with E-state index < -0.39 is 5.82 Å². The summed E-state index contributed by atoms with van der Waals surface area (Å²) in [6.45, 7) is 0.911. The molecule has 0 amide bonds. The average Bonchev–Trinajstić information content (AvgIpc) is 2.60. The van der Waals surface area contributed by atoms with Crippen LogP contribution in [0.1, 0.15) is 16.7 Å². The highest BCUT2D eigenvalue weighted by molar-refractivity contribution is 14.0. The molecule has 0 aliphatic carbocycles. The Bertz CT molecular complexity index is 695. The van der Waals surface area contributed by atoms with E-state index in [2.05, 4.69) is 15.6 Å². The van der Waals surface area contributed by atoms with Gasteiger partial charge in [0, 0.05) is 30.7 Å². The molecule has 4 nitrogen and oxygen atoms in total. The number of nitrogens with zero attached hydrogens (tertiary/aromatic N) is 1. The fourth-order valence-electron chi connectivity index (χ4n) is 2.24. The van der Waals surface area contributed by atoms with Crippen LogP contribution in [0.4, 0.5) is 4.39 Å². The van der Waals surface area contributed by atoms with E-state index in [0.717, 1.165) is 23.6 Å². The first kappa shape index (κ1) is 21.7. The first-order valence-electron chi connectivity index (χ1n) is 7.69. The molecule has 136 valence electrons. The van der Waals surface area contributed by atoms with Crippen LogP contribution in [-0.2, 0) is 19.6 Å². The van der Waals surface area contributed by atoms with E-state index >= 15 is 0 Å². The molecule has 0 aliphatic heterocycles. The van der Waals surface area contributed by atoms with Crippen molar-refractivity contribution < 1.29 is 9.50 Å². The van der Waals surface area contributed by atoms with Crippen LogP contribution in [0.25, 0.3) is 0 Å². The van der Waals surface area contributed by atoms with Gasteiger partial charge in [0.25, 0.3) is 0 Å². The number of nitrogens with one attached hydrogen (secondary N) is 2. The Morgan fingerprint density at radius 1 is 1.12 bits per heavy atom. The summed E-state index contributed by atoms with van der Waals surface area (Å²) in [6.07, 6.45) is 0.850. The molecule has 0 aliphatic rings. The second-order valence-electron chi connectivity index (χ2n) is 5.31. The molecule has 0 unspecified atom stereocenters. The maximum atomic E-state index is 13.4. The van der Waals surface area contributed by atoms with E-state index in [1.54, 1.807) is 19.2 Å². The number of halogens is 3. The Kier molecular flexibility index (Phi) is 9.77. The zero-order chi connectivity index (χ0) is 17.4. The average molecular weight is 478 g/mol. The van der Waals surface area contributed by atoms with Gasteiger partial charge in [0.1, 0.15) is 5.82 Å². The van der Waals surface area contributed by atoms with Crippen molar-refractivity contribution >= 4 is 41.5 Å². The Morgan fingerprint density at radius 3 is 2.44 bits per heavy atom. The lowest BCUT2D eigenvalue weighted by atomic mass is 10.1. The highest BCUT2D eigenvalue weighted by Crippen LogP contribution is 2.11. The van der Waals surface area contributed by atoms with Gasteiger partial charge in [0.2, 0.25) is 0 Å². The third kappa shape index (κ3) is 7.17. The molecule has 0 aromatic heterocycles. The van der Waals surface area contributed by atoms with Gasteiger partial charge in [0.15, 0.2) is 5.96 Å². The molecule has 2 aromatic rings. The number of guanidine groups is 1. The van der Waals surface area contributed by atoms with Crippen molar-refractivity contribution in [1.29, 1.82) is 0 Å². The summed E-state index contributed by atoms with van der Waals surface area (Å²) in [5.74, 6) is 0.269. The van der Waals surface area contributed by atoms with Gasteiger partial charge >= 0.3 is 0 Å². The van der Waals surface area contributed by atoms with Crippen molar-refractivity contribution in [3.05, 3.63) is 70.0 Å². The van der Waals surface area contributed by atoms with E-state index in [9.17, 15) is 4.39 Å². The molecule has 0 bridgehead atoms. The van der Waals surface area contributed by atoms with Gasteiger partial charge in [-0.25, -0.2) is 4.39 Å². The summed E-state index contributed by atoms with van der Waals surface area (Å²) in [7, 11) is 1.70. The lowest BCUT2D eigenvalue weighted by Gasteiger charge is -2.12. The van der Waals surface area contributed by atoms with Crippen molar-refractivity contribution in [2.24, 2.45) is 4.99 Å². The van der Waals surface area contributed by atoms with E-state index in [4.69, 9.17) is 16.7 Å². The van der Waals surface area contributed by atoms with Crippen LogP contribution in [0.3, 0.4) is 0 Å². The van der Waals surface area contributed by atoms with Gasteiger partial charge in [-0.15, -0.1) is 24.0 Å². The number of aliphatic hydroxyl groups is 1. The Balaban J connectivity index is 0.00000312. The molecule has 2 rings (SSSR count). The number of rotatable bonds is 6. The van der Waals surface area contributed by atoms with Crippen LogP contribution in [0.2, 0.25) is 5.02 Å². The number of aliphatic imine (C=N–C) groups is 1. The van der Waals surface area contributed by atoms with Gasteiger partial charge < -0.3 is 15.7 Å². The quantitative estimate of drug-likeness (QED) is 0.339. The molecule has 7 heteroatoms. The van der Waals surface area contributed by atoms with E-state index in [0.29, 0.717) is 18.1 Å². The minimum Gasteiger partial charge on any atom is -0.392 e. The van der Waals surface area contributed by atoms with E-state index in [1.807, 2.05) is 24.3 Å². The van der Waals surface area contributed by atoms with Gasteiger partial charge in [-0.05, 0) is 41.8 Å². The van der Waals surface area contributed by atoms with Crippen LogP contribution < -0.4 is 10.6 Å². The van der Waals surface area contributed by atoms with Crippen LogP contribution in [0, 0.1) is 5.82 Å². The first-order valence-corrected chi connectivity index (χ1v) is 8.07. The molecular formula is C18H22ClFIN3O. The fourth-order valence-corrected chi connectivity index (χ4v) is 2.37. The molecule has 0 saturated carbocycles. The third-order valence-corrected chi connectivity index (χ3v) is 3.84. The summed E-state index contributed by atoms with van der Waals surface area (Å²) in [5.41, 5.74) is 2.36. The van der Waals surface area contributed by atoms with Crippen molar-refractivity contribution in [3.63, 3.8) is 0 Å². The van der Waals surface area contributed by atoms with Crippen molar-refractivity contribution in [1.82, 2.24) is 10.6 Å². The van der Waals surface area contributed by atoms with Crippen LogP contribution >= 0.6 is 35.6 Å². The molecule has 3 N–H and O–H groups in total. The summed E-state index contributed by atoms with van der Waals surface area (Å²) in [5, 5.41) is 16.2. The summed E-state index contributed by atoms with van der Waals surface area (Å²) in [6, 6.07) is 12.4. The third-order valence-electron chi connectivity index (χ3n) is 3.58. The number of aliphatic hydroxyl groups excluding tert-OH is 1. The van der Waals surface area contributed by atoms with Gasteiger partial charge in [-0.2, -0.15) is 0 Å². The molecule has 0 radical (unpaired) electrons. The maximum Gasteiger partial charge on any atom is 0.191 e. The standard InChI is InChI=1S/C18H21ClFN3O.HI/c1-21-18(22-9-8-13-2-5-16(19)6-3-13)23-11-14-4-7-17(20)15(10-14)12-24;/h2-7,10,24H,8-9,11-12H2,1H3,(H2,21,22,23);1H. The topological polar surface area (TPSA) is 56.7 Å². The summed E-state index contributed by atoms with van der Waals surface area (Å²) >= 11 is 5.87. The van der Waals surface area contributed by atoms with Gasteiger partial charge in [0.05, 0.1) is 6.61 Å². The second-order valence-corrected chi connectivity index (χ2v) is 5.75. The van der Waals surface area contributed by atoms with Crippen LogP contribution in [0.15, 0.2) is 47.5 Å². The SMILES string of the molecule is CN=C(NCCc1ccc(Cl)cc1)NCc1ccc(F)c(CO)c1.I. The highest BCUT2D eigenvalue weighted by atomic mass is 127. The lowest BCUT2D eigenvalue weighted by molar-refractivity contribution is 0.275. The zero-order valence-corrected chi connectivity index (χ0v) is 17.0. The van der Waals surface area contributed by atoms with Crippen LogP contribution in [-0.4, -0.2) is 24.7 Å². The van der Waals surface area contributed by atoms with E-state index in [-0.39, 0.29) is 30.6 Å². The highest BCUT2D eigenvalue weighted by Gasteiger charge is 2.04. The zero-order valence-electron chi connectivity index (χ0n) is 13.9. The smallest absolute Gasteiger partial charge is 0.191 e. The molecule has 0 fully saturated rings. The van der Waals surface area contributed by atoms with Crippen molar-refractivity contribution in [2.45, 2.75) is 19.6 Å². The molecule has 0 heterocycles. The molecule has 25 heavy (non-hydrogen) atoms. The Morgan fingerprint density at radius 2 is 1.80 bits per heavy atom. The van der Waals surface area contributed by atoms with Gasteiger partial charge in [-0.3, -0.25) is 4.99 Å². The molecule has 0 atom stereocenters. The summed E-state index contributed by atoms with van der Waals surface area (Å²) in [4.78, 5) is 4.16. The van der Waals surface area contributed by atoms with Crippen molar-refractivity contribution in [2.75, 3.05) is 13.6 Å². The maximum absolute atomic E-state index is 13.4. The van der Waals surface area contributed by atoms with Crippen LogP contribution in [0.5, 0.6) is 0 Å². The Hall–Kier alpha value is -1.38. The molecule has 0 saturated heterocycles. The largest absolute Gasteiger partial charge is 0.392 e. The van der Waals surface area contributed by atoms with Crippen molar-refractivity contribution in [3.8, 4) is 0 Å². The minimum absolute atomic E-state index is 0. The molecular weight excluding hydrogens is 456 g/mol. The molecule has 0 spiro atoms. The Labute approximate surface area is 169 Å². The lowest BCUT2D eigenvalue weighted by Crippen LogP contribution is -2.37. The summed E-state index contributed by atoms with van der Waals surface area (Å²) < 4.78 is 13.4. The van der Waals surface area contributed by atoms with E-state index in [1.165, 1.54) is 11.6 Å².